The van der Waals surface area contributed by atoms with E-state index in [0.717, 1.165) is 89.9 Å². The van der Waals surface area contributed by atoms with Gasteiger partial charge in [-0.3, -0.25) is 0 Å². The zero-order chi connectivity index (χ0) is 59.8. The van der Waals surface area contributed by atoms with Gasteiger partial charge in [0.15, 0.2) is 5.65 Å². The second-order valence-corrected chi connectivity index (χ2v) is 43.8. The van der Waals surface area contributed by atoms with Crippen molar-refractivity contribution in [3.05, 3.63) is 85.6 Å². The SMILES string of the molecule is CN(c1ncnc2[nH]ccc12)C1C[C@@H]2CN(C(=O)OC(C)(C)C)C[C@@H]2C1.CN(c1ncnc2[nH]ccc12)C1C[C@H]2CCC[C@H]2C1.Cc1ccc(S(=O)(=O)n2ccc3c(N(C)C4C[C@@H]5CN(C(=O)OC(C)(C)C)C[C@@H]5C4)ncnc32)cc1.I[I-]I. The van der Waals surface area contributed by atoms with Crippen molar-refractivity contribution in [1.82, 2.24) is 53.6 Å². The molecule has 0 spiro atoms. The number of fused-ring (bicyclic) bond motifs is 6. The number of nitrogens with zero attached hydrogens (tertiary/aromatic N) is 12. The second kappa shape index (κ2) is 25.9. The molecular weight excluding hydrogens is 1430 g/mol. The van der Waals surface area contributed by atoms with Gasteiger partial charge in [-0.1, -0.05) is 37.0 Å². The van der Waals surface area contributed by atoms with E-state index in [4.69, 9.17) is 9.47 Å². The van der Waals surface area contributed by atoms with Gasteiger partial charge in [-0.25, -0.2) is 51.9 Å². The molecule has 7 aromatic rings. The number of hydrogen-bond acceptors (Lipinski definition) is 15. The molecule has 0 radical (unpaired) electrons. The molecule has 9 atom stereocenters. The Kier molecular flexibility index (Phi) is 19.2. The first-order chi connectivity index (χ1) is 40.0. The van der Waals surface area contributed by atoms with Crippen molar-refractivity contribution in [1.29, 1.82) is 0 Å². The average molecular weight is 1510 g/mol. The Hall–Kier alpha value is -4.84. The summed E-state index contributed by atoms with van der Waals surface area (Å²) in [5, 5.41) is 2.90. The number of ether oxygens (including phenoxy) is 2. The number of H-pyrrole nitrogens is 2. The molecule has 84 heavy (non-hydrogen) atoms. The summed E-state index contributed by atoms with van der Waals surface area (Å²) < 4.78 is 38.9. The number of likely N-dealkylation sites (tertiary alicyclic amines) is 2. The monoisotopic (exact) mass is 1510 g/mol. The zero-order valence-electron chi connectivity index (χ0n) is 49.8. The fourth-order valence-electron chi connectivity index (χ4n) is 14.0. The molecule has 2 N–H and O–H groups in total. The van der Waals surface area contributed by atoms with Gasteiger partial charge in [0.05, 0.1) is 21.1 Å². The average Bonchev–Trinajstić information content (AvgIpc) is 3.51. The third-order valence-electron chi connectivity index (χ3n) is 18.0. The molecule has 13 rings (SSSR count). The van der Waals surface area contributed by atoms with Gasteiger partial charge in [0.1, 0.15) is 58.9 Å². The van der Waals surface area contributed by atoms with Crippen LogP contribution in [0.3, 0.4) is 0 Å². The number of carbonyl (C=O) groups is 2. The fourth-order valence-corrected chi connectivity index (χ4v) is 15.3. The molecule has 1 aromatic carbocycles. The number of aromatic nitrogens is 9. The third kappa shape index (κ3) is 13.8. The summed E-state index contributed by atoms with van der Waals surface area (Å²) in [5.74, 6) is 6.61. The van der Waals surface area contributed by atoms with Crippen LogP contribution < -0.4 is 28.0 Å². The summed E-state index contributed by atoms with van der Waals surface area (Å²) in [6.07, 6.45) is 20.7. The van der Waals surface area contributed by atoms with Gasteiger partial charge in [0, 0.05) is 84.0 Å². The van der Waals surface area contributed by atoms with Gasteiger partial charge in [0.25, 0.3) is 10.0 Å². The van der Waals surface area contributed by atoms with Gasteiger partial charge in [-0.2, -0.15) is 0 Å². The van der Waals surface area contributed by atoms with Crippen LogP contribution in [0.5, 0.6) is 0 Å². The Balaban J connectivity index is 0.000000143. The van der Waals surface area contributed by atoms with Crippen LogP contribution in [-0.2, 0) is 19.5 Å². The van der Waals surface area contributed by atoms with E-state index in [9.17, 15) is 18.0 Å². The summed E-state index contributed by atoms with van der Waals surface area (Å²) >= 11 is 5.30. The van der Waals surface area contributed by atoms with Gasteiger partial charge in [-0.05, 0) is 153 Å². The number of anilines is 3. The molecule has 4 saturated carbocycles. The van der Waals surface area contributed by atoms with Crippen molar-refractivity contribution >= 4 is 110 Å². The van der Waals surface area contributed by atoms with E-state index < -0.39 is 21.2 Å². The van der Waals surface area contributed by atoms with E-state index in [2.05, 4.69) is 112 Å². The number of benzene rings is 1. The van der Waals surface area contributed by atoms with Crippen molar-refractivity contribution in [3.63, 3.8) is 0 Å². The summed E-state index contributed by atoms with van der Waals surface area (Å²) in [4.78, 5) is 68.3. The first-order valence-electron chi connectivity index (χ1n) is 29.2. The van der Waals surface area contributed by atoms with Gasteiger partial charge in [0.2, 0.25) is 0 Å². The van der Waals surface area contributed by atoms with Crippen molar-refractivity contribution in [2.24, 2.45) is 35.5 Å². The third-order valence-corrected chi connectivity index (χ3v) is 19.7. The molecule has 6 aromatic heterocycles. The molecule has 6 aliphatic rings. The van der Waals surface area contributed by atoms with Crippen LogP contribution in [0.25, 0.3) is 33.1 Å². The van der Waals surface area contributed by atoms with E-state index in [-0.39, 0.29) is 23.1 Å². The topological polar surface area (TPSA) is 217 Å². The number of rotatable bonds is 8. The van der Waals surface area contributed by atoms with Crippen LogP contribution >= 0.6 is 37.2 Å². The van der Waals surface area contributed by atoms with Crippen LogP contribution in [0.4, 0.5) is 27.0 Å². The van der Waals surface area contributed by atoms with Gasteiger partial charge >= 0.3 is 62.7 Å². The quantitative estimate of drug-likeness (QED) is 0.136. The summed E-state index contributed by atoms with van der Waals surface area (Å²) in [7, 11) is 2.54. The Morgan fingerprint density at radius 2 is 0.952 bits per heavy atom. The normalized spacial score (nSPS) is 24.4. The Morgan fingerprint density at radius 3 is 1.36 bits per heavy atom. The maximum atomic E-state index is 13.3. The van der Waals surface area contributed by atoms with E-state index in [1.807, 2.05) is 83.8 Å². The van der Waals surface area contributed by atoms with E-state index >= 15 is 0 Å². The van der Waals surface area contributed by atoms with E-state index in [1.165, 1.54) is 42.4 Å². The maximum absolute atomic E-state index is 13.3. The second-order valence-electron chi connectivity index (χ2n) is 25.8. The Morgan fingerprint density at radius 1 is 0.571 bits per heavy atom. The number of nitrogens with one attached hydrogen (secondary N) is 2. The summed E-state index contributed by atoms with van der Waals surface area (Å²) in [5.41, 5.74) is 2.23. The number of aryl methyl sites for hydroxylation is 1. The van der Waals surface area contributed by atoms with Crippen LogP contribution in [0.15, 0.2) is 84.9 Å². The fraction of sp³-hybridized carbons (Fsp3) is 0.567. The molecule has 8 heterocycles. The molecule has 2 aliphatic heterocycles. The van der Waals surface area contributed by atoms with Crippen molar-refractivity contribution in [2.75, 3.05) is 62.0 Å². The van der Waals surface area contributed by atoms with Crippen LogP contribution in [0, 0.1) is 42.4 Å². The standard InChI is InChI=1S/C26H33N5O4S.C19H27N5O2.C15H20N4.I3/c1-17-6-8-21(9-7-17)36(33,34)31-11-10-22-23(27-16-28-24(22)31)29(5)20-12-18-14-30(15-19(18)13-20)25(32)35-26(2,3)4;1-19(2,3)26-18(25)24-9-12-7-14(8-13(12)10-24)23(4)17-15-5-6-20-16(15)21-11-22-17;1-19(12-7-10-3-2-4-11(10)8-12)15-13-5-6-16-14(13)17-9-18-15;1-3-2/h6-11,16,18-20H,12-15H2,1-5H3;5-6,11-14H,7-10H2,1-4H3,(H,20,21,22);5-6,9-12H,2-4,7-8H2,1H3,(H,16,17,18);/q;;;-1/t18-,19+,20?;12-,13+,14?;10-,11+,12?;. The molecule has 24 heteroatoms. The van der Waals surface area contributed by atoms with Gasteiger partial charge in [-0.15, -0.1) is 0 Å². The van der Waals surface area contributed by atoms with Crippen LogP contribution in [-0.4, -0.2) is 151 Å². The molecule has 0 bridgehead atoms. The number of amides is 2. The zero-order valence-corrected chi connectivity index (χ0v) is 57.0. The van der Waals surface area contributed by atoms with Crippen molar-refractivity contribution < 1.29 is 40.7 Å². The molecule has 454 valence electrons. The van der Waals surface area contributed by atoms with Crippen molar-refractivity contribution in [3.8, 4) is 0 Å². The molecular formula is C60H80I3N14O6S-. The summed E-state index contributed by atoms with van der Waals surface area (Å²) in [6.45, 7) is 16.3. The molecule has 2 saturated heterocycles. The minimum atomic E-state index is -3.78. The molecule has 20 nitrogen and oxygen atoms in total. The van der Waals surface area contributed by atoms with Crippen LogP contribution in [0.1, 0.15) is 105 Å². The Bertz CT molecular complexity index is 3490. The number of hydrogen-bond donors (Lipinski definition) is 2. The molecule has 2 amide bonds. The number of halogens is 3. The first kappa shape index (κ1) is 62.2. The van der Waals surface area contributed by atoms with E-state index in [0.29, 0.717) is 79.0 Å². The van der Waals surface area contributed by atoms with E-state index in [1.54, 1.807) is 49.2 Å². The van der Waals surface area contributed by atoms with Gasteiger partial charge < -0.3 is 43.9 Å². The minimum absolute atomic E-state index is 0.179. The number of carbonyl (C=O) groups excluding carboxylic acids is 2. The molecule has 4 aliphatic carbocycles. The predicted molar refractivity (Wildman–Crippen MR) is 342 cm³/mol. The Labute approximate surface area is 523 Å². The predicted octanol–water partition coefficient (Wildman–Crippen LogP) is 8.85. The number of aromatic amines is 2. The van der Waals surface area contributed by atoms with Crippen LogP contribution in [0.2, 0.25) is 0 Å². The molecule has 3 unspecified atom stereocenters. The summed E-state index contributed by atoms with van der Waals surface area (Å²) in [6, 6.07) is 14.0. The first-order valence-corrected chi connectivity index (χ1v) is 43.2. The molecule has 6 fully saturated rings. The van der Waals surface area contributed by atoms with Crippen molar-refractivity contribution in [2.45, 2.75) is 140 Å².